The number of nitrogens with one attached hydrogen (secondary N) is 2. The molecule has 0 aliphatic heterocycles. The van der Waals surface area contributed by atoms with E-state index in [1.54, 1.807) is 0 Å². The Kier molecular flexibility index (Phi) is 1.89. The number of rotatable bonds is 2. The standard InChI is InChI=1S/C8H13N3/c1-5-4-8(6(2)10-5)11-7(3)9/h4,10-11H,3,9H2,1-2H3. The van der Waals surface area contributed by atoms with Gasteiger partial charge in [-0.15, -0.1) is 0 Å². The molecule has 1 aromatic heterocycles. The molecule has 0 fully saturated rings. The molecule has 11 heavy (non-hydrogen) atoms. The normalized spacial score (nSPS) is 9.64. The Bertz CT molecular complexity index is 273. The fraction of sp³-hybridized carbons (Fsp3) is 0.250. The summed E-state index contributed by atoms with van der Waals surface area (Å²) in [6.45, 7) is 7.54. The van der Waals surface area contributed by atoms with Crippen molar-refractivity contribution in [3.63, 3.8) is 0 Å². The van der Waals surface area contributed by atoms with Gasteiger partial charge in [0.15, 0.2) is 0 Å². The Hall–Kier alpha value is -1.38. The summed E-state index contributed by atoms with van der Waals surface area (Å²) in [5, 5.41) is 2.95. The van der Waals surface area contributed by atoms with Gasteiger partial charge in [0.1, 0.15) is 0 Å². The highest BCUT2D eigenvalue weighted by molar-refractivity contribution is 5.53. The second-order valence-corrected chi connectivity index (χ2v) is 2.64. The van der Waals surface area contributed by atoms with Crippen molar-refractivity contribution in [2.45, 2.75) is 13.8 Å². The van der Waals surface area contributed by atoms with Crippen molar-refractivity contribution in [3.8, 4) is 0 Å². The van der Waals surface area contributed by atoms with Crippen LogP contribution >= 0.6 is 0 Å². The Balaban J connectivity index is 2.85. The van der Waals surface area contributed by atoms with Gasteiger partial charge in [-0.1, -0.05) is 6.58 Å². The van der Waals surface area contributed by atoms with Gasteiger partial charge in [0.25, 0.3) is 0 Å². The molecule has 60 valence electrons. The van der Waals surface area contributed by atoms with Crippen LogP contribution in [0.25, 0.3) is 0 Å². The minimum absolute atomic E-state index is 0.465. The number of anilines is 1. The van der Waals surface area contributed by atoms with E-state index >= 15 is 0 Å². The lowest BCUT2D eigenvalue weighted by atomic mass is 10.4. The molecule has 3 nitrogen and oxygen atoms in total. The molecule has 0 aliphatic carbocycles. The smallest absolute Gasteiger partial charge is 0.0931 e. The average Bonchev–Trinajstić information content (AvgIpc) is 2.09. The van der Waals surface area contributed by atoms with Crippen LogP contribution in [0.1, 0.15) is 11.4 Å². The predicted octanol–water partition coefficient (Wildman–Crippen LogP) is 1.47. The summed E-state index contributed by atoms with van der Waals surface area (Å²) in [6, 6.07) is 1.99. The van der Waals surface area contributed by atoms with E-state index in [0.29, 0.717) is 5.82 Å². The van der Waals surface area contributed by atoms with Crippen LogP contribution in [0.15, 0.2) is 18.5 Å². The molecule has 3 heteroatoms. The van der Waals surface area contributed by atoms with Crippen LogP contribution in [0.4, 0.5) is 5.69 Å². The van der Waals surface area contributed by atoms with Gasteiger partial charge < -0.3 is 16.0 Å². The summed E-state index contributed by atoms with van der Waals surface area (Å²) in [5.41, 5.74) is 8.57. The number of H-pyrrole nitrogens is 1. The molecular weight excluding hydrogens is 138 g/mol. The minimum atomic E-state index is 0.465. The van der Waals surface area contributed by atoms with Crippen molar-refractivity contribution in [2.24, 2.45) is 5.73 Å². The summed E-state index contributed by atoms with van der Waals surface area (Å²) in [7, 11) is 0. The fourth-order valence-corrected chi connectivity index (χ4v) is 1.03. The number of aromatic nitrogens is 1. The first-order valence-electron chi connectivity index (χ1n) is 3.47. The van der Waals surface area contributed by atoms with E-state index in [1.807, 2.05) is 19.9 Å². The molecule has 0 saturated heterocycles. The van der Waals surface area contributed by atoms with Gasteiger partial charge in [0.2, 0.25) is 0 Å². The molecule has 1 heterocycles. The maximum atomic E-state index is 5.38. The third-order valence-corrected chi connectivity index (χ3v) is 1.44. The first-order valence-corrected chi connectivity index (χ1v) is 3.47. The highest BCUT2D eigenvalue weighted by Crippen LogP contribution is 2.15. The summed E-state index contributed by atoms with van der Waals surface area (Å²) in [6.07, 6.45) is 0. The van der Waals surface area contributed by atoms with E-state index in [4.69, 9.17) is 5.73 Å². The average molecular weight is 151 g/mol. The number of nitrogens with two attached hydrogens (primary N) is 1. The summed E-state index contributed by atoms with van der Waals surface area (Å²) in [5.74, 6) is 0.465. The second kappa shape index (κ2) is 2.70. The van der Waals surface area contributed by atoms with Gasteiger partial charge in [-0.2, -0.15) is 0 Å². The lowest BCUT2D eigenvalue weighted by Crippen LogP contribution is -2.06. The van der Waals surface area contributed by atoms with Crippen molar-refractivity contribution in [1.29, 1.82) is 0 Å². The monoisotopic (exact) mass is 151 g/mol. The van der Waals surface area contributed by atoms with Crippen molar-refractivity contribution >= 4 is 5.69 Å². The first kappa shape index (κ1) is 7.72. The van der Waals surface area contributed by atoms with Crippen molar-refractivity contribution in [2.75, 3.05) is 5.32 Å². The van der Waals surface area contributed by atoms with Crippen LogP contribution in [0.3, 0.4) is 0 Å². The zero-order valence-electron chi connectivity index (χ0n) is 6.86. The quantitative estimate of drug-likeness (QED) is 0.599. The molecule has 0 bridgehead atoms. The van der Waals surface area contributed by atoms with E-state index in [2.05, 4.69) is 16.9 Å². The van der Waals surface area contributed by atoms with Gasteiger partial charge in [-0.05, 0) is 19.9 Å². The Morgan fingerprint density at radius 1 is 1.64 bits per heavy atom. The summed E-state index contributed by atoms with van der Waals surface area (Å²) in [4.78, 5) is 3.15. The van der Waals surface area contributed by atoms with Crippen LogP contribution in [0.5, 0.6) is 0 Å². The SMILES string of the molecule is C=C(N)Nc1cc(C)[nH]c1C. The van der Waals surface area contributed by atoms with Crippen LogP contribution in [0, 0.1) is 13.8 Å². The third-order valence-electron chi connectivity index (χ3n) is 1.44. The maximum absolute atomic E-state index is 5.38. The summed E-state index contributed by atoms with van der Waals surface area (Å²) < 4.78 is 0. The Labute approximate surface area is 66.3 Å². The van der Waals surface area contributed by atoms with Gasteiger partial charge in [0, 0.05) is 11.4 Å². The molecule has 0 radical (unpaired) electrons. The topological polar surface area (TPSA) is 53.8 Å². The van der Waals surface area contributed by atoms with Crippen LogP contribution in [-0.2, 0) is 0 Å². The van der Waals surface area contributed by atoms with E-state index in [9.17, 15) is 0 Å². The Morgan fingerprint density at radius 3 is 2.64 bits per heavy atom. The van der Waals surface area contributed by atoms with Gasteiger partial charge in [-0.25, -0.2) is 0 Å². The van der Waals surface area contributed by atoms with E-state index in [-0.39, 0.29) is 0 Å². The summed E-state index contributed by atoms with van der Waals surface area (Å²) >= 11 is 0. The Morgan fingerprint density at radius 2 is 2.27 bits per heavy atom. The van der Waals surface area contributed by atoms with Gasteiger partial charge in [0.05, 0.1) is 11.5 Å². The van der Waals surface area contributed by atoms with Crippen LogP contribution in [-0.4, -0.2) is 4.98 Å². The van der Waals surface area contributed by atoms with E-state index in [1.165, 1.54) is 0 Å². The molecule has 0 amide bonds. The number of aromatic amines is 1. The third kappa shape index (κ3) is 1.77. The number of hydrogen-bond acceptors (Lipinski definition) is 2. The van der Waals surface area contributed by atoms with Crippen LogP contribution < -0.4 is 11.1 Å². The predicted molar refractivity (Wildman–Crippen MR) is 47.2 cm³/mol. The number of aryl methyl sites for hydroxylation is 2. The first-order chi connectivity index (χ1) is 5.09. The van der Waals surface area contributed by atoms with E-state index < -0.39 is 0 Å². The zero-order chi connectivity index (χ0) is 8.43. The minimum Gasteiger partial charge on any atom is -0.386 e. The molecule has 0 unspecified atom stereocenters. The lowest BCUT2D eigenvalue weighted by molar-refractivity contribution is 1.18. The fourth-order valence-electron chi connectivity index (χ4n) is 1.03. The molecule has 1 aromatic rings. The molecule has 0 saturated carbocycles. The van der Waals surface area contributed by atoms with Gasteiger partial charge in [-0.3, -0.25) is 0 Å². The van der Waals surface area contributed by atoms with Crippen molar-refractivity contribution < 1.29 is 0 Å². The molecule has 0 aromatic carbocycles. The molecule has 4 N–H and O–H groups in total. The lowest BCUT2D eigenvalue weighted by Gasteiger charge is -2.01. The molecular formula is C8H13N3. The molecule has 0 spiro atoms. The highest BCUT2D eigenvalue weighted by Gasteiger charge is 1.99. The van der Waals surface area contributed by atoms with Crippen LogP contribution in [0.2, 0.25) is 0 Å². The van der Waals surface area contributed by atoms with Crippen molar-refractivity contribution in [1.82, 2.24) is 4.98 Å². The highest BCUT2D eigenvalue weighted by atomic mass is 15.0. The van der Waals surface area contributed by atoms with Crippen molar-refractivity contribution in [3.05, 3.63) is 29.9 Å². The largest absolute Gasteiger partial charge is 0.386 e. The molecule has 0 atom stereocenters. The number of hydrogen-bond donors (Lipinski definition) is 3. The van der Waals surface area contributed by atoms with Gasteiger partial charge >= 0.3 is 0 Å². The second-order valence-electron chi connectivity index (χ2n) is 2.64. The molecule has 0 aliphatic rings. The molecule has 1 rings (SSSR count). The zero-order valence-corrected chi connectivity index (χ0v) is 6.86. The van der Waals surface area contributed by atoms with E-state index in [0.717, 1.165) is 17.1 Å². The maximum Gasteiger partial charge on any atom is 0.0931 e.